The van der Waals surface area contributed by atoms with Gasteiger partial charge in [0.15, 0.2) is 0 Å². The van der Waals surface area contributed by atoms with Crippen LogP contribution >= 0.6 is 0 Å². The number of hydrogen-bond donors (Lipinski definition) is 5. The van der Waals surface area contributed by atoms with Crippen LogP contribution in [0.2, 0.25) is 0 Å². The van der Waals surface area contributed by atoms with Gasteiger partial charge in [-0.15, -0.1) is 0 Å². The second-order valence-electron chi connectivity index (χ2n) is 9.05. The molecule has 0 heterocycles. The van der Waals surface area contributed by atoms with Crippen LogP contribution in [0.3, 0.4) is 0 Å². The highest BCUT2D eigenvalue weighted by molar-refractivity contribution is 5.78. The van der Waals surface area contributed by atoms with E-state index in [0.29, 0.717) is 17.9 Å². The van der Waals surface area contributed by atoms with E-state index in [-0.39, 0.29) is 36.0 Å². The molecule has 0 aromatic heterocycles. The third-order valence-electron chi connectivity index (χ3n) is 5.90. The number of phenolic OH excluding ortho intramolecular Hbond substituents is 2. The first kappa shape index (κ1) is 24.6. The third-order valence-corrected chi connectivity index (χ3v) is 5.90. The number of rotatable bonds is 11. The summed E-state index contributed by atoms with van der Waals surface area (Å²) in [5, 5.41) is 35.9. The summed E-state index contributed by atoms with van der Waals surface area (Å²) in [6, 6.07) is 12.3. The Morgan fingerprint density at radius 1 is 1.06 bits per heavy atom. The lowest BCUT2D eigenvalue weighted by Crippen LogP contribution is -2.35. The van der Waals surface area contributed by atoms with Crippen LogP contribution in [0, 0.1) is 5.92 Å². The molecule has 0 bridgehead atoms. The summed E-state index contributed by atoms with van der Waals surface area (Å²) in [6.45, 7) is 8.31. The van der Waals surface area contributed by atoms with Crippen molar-refractivity contribution in [3.8, 4) is 11.5 Å². The zero-order valence-electron chi connectivity index (χ0n) is 19.3. The SMILES string of the molecule is C=C1C=CC1CC(C)NC(=O)Cc1cccc(C[C@@H](C)NC[C@H](O)c2cc(O)cc(O)c2)c1. The van der Waals surface area contributed by atoms with Crippen molar-refractivity contribution in [2.75, 3.05) is 6.54 Å². The van der Waals surface area contributed by atoms with Gasteiger partial charge in [0.25, 0.3) is 0 Å². The third kappa shape index (κ3) is 7.48. The molecule has 4 atom stereocenters. The van der Waals surface area contributed by atoms with Crippen LogP contribution in [0.5, 0.6) is 11.5 Å². The highest BCUT2D eigenvalue weighted by atomic mass is 16.3. The van der Waals surface area contributed by atoms with Gasteiger partial charge in [0.2, 0.25) is 5.91 Å². The van der Waals surface area contributed by atoms with E-state index in [9.17, 15) is 20.1 Å². The van der Waals surface area contributed by atoms with E-state index >= 15 is 0 Å². The summed E-state index contributed by atoms with van der Waals surface area (Å²) >= 11 is 0. The minimum Gasteiger partial charge on any atom is -0.508 e. The minimum absolute atomic E-state index is 0.0113. The van der Waals surface area contributed by atoms with Gasteiger partial charge in [0.1, 0.15) is 11.5 Å². The Bertz CT molecular complexity index is 997. The maximum Gasteiger partial charge on any atom is 0.224 e. The topological polar surface area (TPSA) is 102 Å². The molecule has 2 aromatic rings. The smallest absolute Gasteiger partial charge is 0.224 e. The van der Waals surface area contributed by atoms with E-state index in [1.807, 2.05) is 44.2 Å². The number of allylic oxidation sites excluding steroid dienone is 3. The highest BCUT2D eigenvalue weighted by Gasteiger charge is 2.19. The molecule has 2 aromatic carbocycles. The number of aromatic hydroxyl groups is 2. The molecule has 0 aliphatic heterocycles. The predicted molar refractivity (Wildman–Crippen MR) is 130 cm³/mol. The second kappa shape index (κ2) is 11.2. The molecule has 0 fully saturated rings. The summed E-state index contributed by atoms with van der Waals surface area (Å²) in [7, 11) is 0. The number of hydrogen-bond acceptors (Lipinski definition) is 5. The molecule has 1 aliphatic rings. The lowest BCUT2D eigenvalue weighted by molar-refractivity contribution is -0.121. The molecule has 6 nitrogen and oxygen atoms in total. The van der Waals surface area contributed by atoms with Gasteiger partial charge < -0.3 is 26.0 Å². The molecule has 0 saturated carbocycles. The monoisotopic (exact) mass is 450 g/mol. The van der Waals surface area contributed by atoms with Gasteiger partial charge >= 0.3 is 0 Å². The molecule has 5 N–H and O–H groups in total. The van der Waals surface area contributed by atoms with Gasteiger partial charge in [0, 0.05) is 30.6 Å². The molecular weight excluding hydrogens is 416 g/mol. The predicted octanol–water partition coefficient (Wildman–Crippen LogP) is 3.53. The fraction of sp³-hybridized carbons (Fsp3) is 0.370. The van der Waals surface area contributed by atoms with Gasteiger partial charge in [-0.05, 0) is 61.1 Å². The number of amides is 1. The van der Waals surface area contributed by atoms with Crippen LogP contribution in [0.1, 0.15) is 43.1 Å². The van der Waals surface area contributed by atoms with Crippen LogP contribution in [-0.4, -0.2) is 39.9 Å². The quantitative estimate of drug-likeness (QED) is 0.361. The van der Waals surface area contributed by atoms with Gasteiger partial charge in [-0.3, -0.25) is 4.79 Å². The molecule has 6 heteroatoms. The van der Waals surface area contributed by atoms with Crippen molar-refractivity contribution >= 4 is 5.91 Å². The molecule has 0 saturated heterocycles. The summed E-state index contributed by atoms with van der Waals surface area (Å²) in [6.07, 6.45) is 5.23. The highest BCUT2D eigenvalue weighted by Crippen LogP contribution is 2.27. The van der Waals surface area contributed by atoms with Crippen molar-refractivity contribution in [2.45, 2.75) is 51.3 Å². The van der Waals surface area contributed by atoms with Crippen molar-refractivity contribution in [3.05, 3.63) is 83.5 Å². The summed E-state index contributed by atoms with van der Waals surface area (Å²) < 4.78 is 0. The Morgan fingerprint density at radius 2 is 1.76 bits per heavy atom. The maximum atomic E-state index is 12.5. The average Bonchev–Trinajstić information content (AvgIpc) is 2.74. The number of aliphatic hydroxyl groups excluding tert-OH is 1. The average molecular weight is 451 g/mol. The number of aliphatic hydroxyl groups is 1. The minimum atomic E-state index is -0.852. The van der Waals surface area contributed by atoms with Gasteiger partial charge in [-0.2, -0.15) is 0 Å². The standard InChI is InChI=1S/C27H34N2O4/c1-17-7-8-22(17)10-19(3)29-27(33)12-21-6-4-5-20(11-21)9-18(2)28-16-26(32)23-13-24(30)15-25(31)14-23/h4-8,11,13-15,18-19,22,26,28,30-32H,1,9-10,12,16H2,2-3H3,(H,29,33)/t18-,19?,22?,26+/m1/s1. The number of carbonyl (C=O) groups is 1. The number of nitrogens with one attached hydrogen (secondary N) is 2. The Morgan fingerprint density at radius 3 is 2.39 bits per heavy atom. The lowest BCUT2D eigenvalue weighted by Gasteiger charge is -2.25. The van der Waals surface area contributed by atoms with Crippen molar-refractivity contribution < 1.29 is 20.1 Å². The lowest BCUT2D eigenvalue weighted by atomic mass is 9.85. The first-order valence-corrected chi connectivity index (χ1v) is 11.4. The summed E-state index contributed by atoms with van der Waals surface area (Å²) in [5.74, 6) is 0.210. The molecular formula is C27H34N2O4. The molecule has 1 amide bonds. The Balaban J connectivity index is 1.46. The molecule has 0 spiro atoms. The Labute approximate surface area is 195 Å². The van der Waals surface area contributed by atoms with E-state index < -0.39 is 6.10 Å². The number of carbonyl (C=O) groups excluding carboxylic acids is 1. The van der Waals surface area contributed by atoms with Crippen molar-refractivity contribution in [3.63, 3.8) is 0 Å². The maximum absolute atomic E-state index is 12.5. The van der Waals surface area contributed by atoms with Crippen molar-refractivity contribution in [1.82, 2.24) is 10.6 Å². The van der Waals surface area contributed by atoms with Crippen LogP contribution in [-0.2, 0) is 17.6 Å². The van der Waals surface area contributed by atoms with Crippen LogP contribution in [0.25, 0.3) is 0 Å². The molecule has 33 heavy (non-hydrogen) atoms. The molecule has 1 aliphatic carbocycles. The first-order chi connectivity index (χ1) is 15.7. The normalized spacial score (nSPS) is 17.8. The van der Waals surface area contributed by atoms with E-state index in [4.69, 9.17) is 0 Å². The number of phenols is 2. The molecule has 3 rings (SSSR count). The summed E-state index contributed by atoms with van der Waals surface area (Å²) in [5.41, 5.74) is 3.65. The number of benzene rings is 2. The van der Waals surface area contributed by atoms with Gasteiger partial charge in [0.05, 0.1) is 12.5 Å². The molecule has 2 unspecified atom stereocenters. The van der Waals surface area contributed by atoms with Crippen LogP contribution in [0.4, 0.5) is 0 Å². The van der Waals surface area contributed by atoms with Crippen LogP contribution in [0.15, 0.2) is 66.8 Å². The van der Waals surface area contributed by atoms with Gasteiger partial charge in [-0.1, -0.05) is 43.0 Å². The van der Waals surface area contributed by atoms with E-state index in [0.717, 1.165) is 29.5 Å². The van der Waals surface area contributed by atoms with E-state index in [1.165, 1.54) is 18.2 Å². The Hall–Kier alpha value is -3.09. The Kier molecular flexibility index (Phi) is 8.31. The zero-order valence-corrected chi connectivity index (χ0v) is 19.3. The van der Waals surface area contributed by atoms with Crippen molar-refractivity contribution in [2.24, 2.45) is 5.92 Å². The fourth-order valence-corrected chi connectivity index (χ4v) is 4.08. The fourth-order valence-electron chi connectivity index (χ4n) is 4.08. The van der Waals surface area contributed by atoms with Crippen molar-refractivity contribution in [1.29, 1.82) is 0 Å². The zero-order chi connectivity index (χ0) is 24.0. The molecule has 0 radical (unpaired) electrons. The second-order valence-corrected chi connectivity index (χ2v) is 9.05. The van der Waals surface area contributed by atoms with E-state index in [1.54, 1.807) is 0 Å². The van der Waals surface area contributed by atoms with Crippen LogP contribution < -0.4 is 10.6 Å². The first-order valence-electron chi connectivity index (χ1n) is 11.4. The summed E-state index contributed by atoms with van der Waals surface area (Å²) in [4.78, 5) is 12.5. The van der Waals surface area contributed by atoms with E-state index in [2.05, 4.69) is 23.3 Å². The largest absolute Gasteiger partial charge is 0.508 e. The molecule has 176 valence electrons. The van der Waals surface area contributed by atoms with Gasteiger partial charge in [-0.25, -0.2) is 0 Å².